The van der Waals surface area contributed by atoms with E-state index in [9.17, 15) is 26.7 Å². The number of rotatable bonds is 4. The molecule has 1 rings (SSSR count). The van der Waals surface area contributed by atoms with Crippen LogP contribution >= 0.6 is 0 Å². The molecule has 0 aliphatic carbocycles. The lowest BCUT2D eigenvalue weighted by atomic mass is 10.1. The molecule has 2 nitrogen and oxygen atoms in total. The molecule has 7 heteroatoms. The van der Waals surface area contributed by atoms with E-state index >= 15 is 0 Å². The van der Waals surface area contributed by atoms with Gasteiger partial charge in [0.2, 0.25) is 5.82 Å². The van der Waals surface area contributed by atoms with Crippen LogP contribution in [0.3, 0.4) is 0 Å². The second kappa shape index (κ2) is 5.99. The van der Waals surface area contributed by atoms with E-state index in [0.29, 0.717) is 12.8 Å². The Bertz CT molecular complexity index is 474. The van der Waals surface area contributed by atoms with Gasteiger partial charge in [-0.15, -0.1) is 0 Å². The molecule has 0 aliphatic heterocycles. The number of amides is 1. The zero-order chi connectivity index (χ0) is 14.7. The third-order valence-electron chi connectivity index (χ3n) is 2.54. The maximum atomic E-state index is 13.3. The van der Waals surface area contributed by atoms with Crippen LogP contribution in [-0.2, 0) is 0 Å². The number of carbonyl (C=O) groups is 1. The summed E-state index contributed by atoms with van der Waals surface area (Å²) in [6.07, 6.45) is 1.21. The van der Waals surface area contributed by atoms with Gasteiger partial charge < -0.3 is 5.32 Å². The van der Waals surface area contributed by atoms with Gasteiger partial charge >= 0.3 is 0 Å². The molecule has 0 fully saturated rings. The monoisotopic (exact) mass is 281 g/mol. The smallest absolute Gasteiger partial charge is 0.257 e. The quantitative estimate of drug-likeness (QED) is 0.512. The van der Waals surface area contributed by atoms with Gasteiger partial charge in [-0.2, -0.15) is 0 Å². The number of hydrogen-bond acceptors (Lipinski definition) is 1. The molecule has 0 heterocycles. The molecule has 19 heavy (non-hydrogen) atoms. The molecule has 0 radical (unpaired) electrons. The summed E-state index contributed by atoms with van der Waals surface area (Å²) >= 11 is 0. The van der Waals surface area contributed by atoms with Crippen LogP contribution in [-0.4, -0.2) is 11.9 Å². The van der Waals surface area contributed by atoms with Gasteiger partial charge in [-0.25, -0.2) is 22.0 Å². The predicted octanol–water partition coefficient (Wildman–Crippen LogP) is 3.30. The Hall–Kier alpha value is -1.66. The highest BCUT2D eigenvalue weighted by Gasteiger charge is 2.29. The number of halogens is 5. The first-order chi connectivity index (χ1) is 8.81. The highest BCUT2D eigenvalue weighted by atomic mass is 19.2. The van der Waals surface area contributed by atoms with Crippen molar-refractivity contribution < 1.29 is 26.7 Å². The SMILES string of the molecule is CCCC(C)NC(=O)c1c(F)c(F)c(F)c(F)c1F. The molecule has 0 aliphatic rings. The van der Waals surface area contributed by atoms with Gasteiger partial charge in [0.15, 0.2) is 23.3 Å². The van der Waals surface area contributed by atoms with E-state index in [-0.39, 0.29) is 0 Å². The van der Waals surface area contributed by atoms with Crippen molar-refractivity contribution in [2.24, 2.45) is 0 Å². The van der Waals surface area contributed by atoms with Crippen LogP contribution in [0.2, 0.25) is 0 Å². The Morgan fingerprint density at radius 2 is 1.42 bits per heavy atom. The summed E-state index contributed by atoms with van der Waals surface area (Å²) in [6, 6.07) is -0.438. The van der Waals surface area contributed by atoms with Gasteiger partial charge in [0.25, 0.3) is 5.91 Å². The second-order valence-corrected chi connectivity index (χ2v) is 4.11. The topological polar surface area (TPSA) is 29.1 Å². The van der Waals surface area contributed by atoms with Crippen LogP contribution in [0.4, 0.5) is 22.0 Å². The molecule has 0 aromatic heterocycles. The van der Waals surface area contributed by atoms with E-state index in [1.807, 2.05) is 6.92 Å². The fourth-order valence-electron chi connectivity index (χ4n) is 1.61. The minimum atomic E-state index is -2.28. The molecule has 1 amide bonds. The Balaban J connectivity index is 3.17. The Kier molecular flexibility index (Phi) is 4.85. The lowest BCUT2D eigenvalue weighted by Crippen LogP contribution is -2.34. The Labute approximate surface area is 106 Å². The largest absolute Gasteiger partial charge is 0.349 e. The van der Waals surface area contributed by atoms with E-state index < -0.39 is 46.6 Å². The van der Waals surface area contributed by atoms with Gasteiger partial charge in [0.05, 0.1) is 0 Å². The standard InChI is InChI=1S/C12H12F5NO/c1-3-4-5(2)18-12(19)6-7(13)9(15)11(17)10(16)8(6)14/h5H,3-4H2,1-2H3,(H,18,19). The lowest BCUT2D eigenvalue weighted by Gasteiger charge is -2.14. The average Bonchev–Trinajstić information content (AvgIpc) is 2.34. The van der Waals surface area contributed by atoms with Crippen molar-refractivity contribution in [2.75, 3.05) is 0 Å². The van der Waals surface area contributed by atoms with E-state index in [2.05, 4.69) is 5.32 Å². The summed E-state index contributed by atoms with van der Waals surface area (Å²) in [4.78, 5) is 11.5. The molecule has 1 unspecified atom stereocenters. The van der Waals surface area contributed by atoms with Crippen LogP contribution < -0.4 is 5.32 Å². The van der Waals surface area contributed by atoms with Crippen molar-refractivity contribution in [3.8, 4) is 0 Å². The molecule has 1 aromatic carbocycles. The van der Waals surface area contributed by atoms with Gasteiger partial charge in [-0.3, -0.25) is 4.79 Å². The lowest BCUT2D eigenvalue weighted by molar-refractivity contribution is 0.0926. The van der Waals surface area contributed by atoms with Crippen molar-refractivity contribution in [1.82, 2.24) is 5.32 Å². The van der Waals surface area contributed by atoms with E-state index in [1.54, 1.807) is 6.92 Å². The molecule has 1 N–H and O–H groups in total. The highest BCUT2D eigenvalue weighted by Crippen LogP contribution is 2.23. The van der Waals surface area contributed by atoms with Crippen molar-refractivity contribution in [3.05, 3.63) is 34.6 Å². The van der Waals surface area contributed by atoms with Gasteiger partial charge in [0.1, 0.15) is 5.56 Å². The van der Waals surface area contributed by atoms with Gasteiger partial charge in [0, 0.05) is 6.04 Å². The third-order valence-corrected chi connectivity index (χ3v) is 2.54. The summed E-state index contributed by atoms with van der Waals surface area (Å²) in [7, 11) is 0. The average molecular weight is 281 g/mol. The Morgan fingerprint density at radius 3 is 1.84 bits per heavy atom. The Morgan fingerprint density at radius 1 is 1.00 bits per heavy atom. The van der Waals surface area contributed by atoms with E-state index in [4.69, 9.17) is 0 Å². The zero-order valence-corrected chi connectivity index (χ0v) is 10.3. The number of hydrogen-bond donors (Lipinski definition) is 1. The second-order valence-electron chi connectivity index (χ2n) is 4.11. The molecular formula is C12H12F5NO. The number of nitrogens with one attached hydrogen (secondary N) is 1. The molecule has 1 atom stereocenters. The normalized spacial score (nSPS) is 12.4. The summed E-state index contributed by atoms with van der Waals surface area (Å²) in [5.41, 5.74) is -1.46. The van der Waals surface area contributed by atoms with Crippen LogP contribution in [0, 0.1) is 29.1 Å². The van der Waals surface area contributed by atoms with Crippen molar-refractivity contribution in [2.45, 2.75) is 32.7 Å². The van der Waals surface area contributed by atoms with Crippen molar-refractivity contribution in [1.29, 1.82) is 0 Å². The third kappa shape index (κ3) is 3.02. The zero-order valence-electron chi connectivity index (χ0n) is 10.3. The molecular weight excluding hydrogens is 269 g/mol. The first kappa shape index (κ1) is 15.4. The van der Waals surface area contributed by atoms with Crippen LogP contribution in [0.5, 0.6) is 0 Å². The van der Waals surface area contributed by atoms with E-state index in [1.165, 1.54) is 0 Å². The molecule has 0 spiro atoms. The molecule has 106 valence electrons. The maximum Gasteiger partial charge on any atom is 0.257 e. The first-order valence-corrected chi connectivity index (χ1v) is 5.63. The maximum absolute atomic E-state index is 13.3. The molecule has 0 saturated heterocycles. The van der Waals surface area contributed by atoms with Crippen LogP contribution in [0.15, 0.2) is 0 Å². The van der Waals surface area contributed by atoms with Gasteiger partial charge in [-0.05, 0) is 13.3 Å². The minimum Gasteiger partial charge on any atom is -0.349 e. The summed E-state index contributed by atoms with van der Waals surface area (Å²) < 4.78 is 65.2. The fraction of sp³-hybridized carbons (Fsp3) is 0.417. The van der Waals surface area contributed by atoms with E-state index in [0.717, 1.165) is 0 Å². The summed E-state index contributed by atoms with van der Waals surface area (Å²) in [5.74, 6) is -12.1. The number of benzene rings is 1. The van der Waals surface area contributed by atoms with Gasteiger partial charge in [-0.1, -0.05) is 13.3 Å². The predicted molar refractivity (Wildman–Crippen MR) is 58.1 cm³/mol. The number of carbonyl (C=O) groups excluding carboxylic acids is 1. The molecule has 1 aromatic rings. The fourth-order valence-corrected chi connectivity index (χ4v) is 1.61. The van der Waals surface area contributed by atoms with Crippen molar-refractivity contribution >= 4 is 5.91 Å². The van der Waals surface area contributed by atoms with Crippen molar-refractivity contribution in [3.63, 3.8) is 0 Å². The summed E-state index contributed by atoms with van der Waals surface area (Å²) in [6.45, 7) is 3.38. The van der Waals surface area contributed by atoms with Crippen LogP contribution in [0.25, 0.3) is 0 Å². The summed E-state index contributed by atoms with van der Waals surface area (Å²) in [5, 5.41) is 2.18. The molecule has 0 bridgehead atoms. The molecule has 0 saturated carbocycles. The van der Waals surface area contributed by atoms with Crippen LogP contribution in [0.1, 0.15) is 37.0 Å². The minimum absolute atomic E-state index is 0.438. The first-order valence-electron chi connectivity index (χ1n) is 5.63. The highest BCUT2D eigenvalue weighted by molar-refractivity contribution is 5.95.